The summed E-state index contributed by atoms with van der Waals surface area (Å²) in [5.41, 5.74) is 2.50. The molecule has 2 heterocycles. The van der Waals surface area contributed by atoms with Gasteiger partial charge in [-0.05, 0) is 55.5 Å². The van der Waals surface area contributed by atoms with E-state index < -0.39 is 0 Å². The molecule has 5 rings (SSSR count). The lowest BCUT2D eigenvalue weighted by atomic mass is 9.86. The number of imidazole rings is 1. The topological polar surface area (TPSA) is 88.6 Å². The lowest BCUT2D eigenvalue weighted by Crippen LogP contribution is -2.28. The van der Waals surface area contributed by atoms with E-state index in [1.54, 1.807) is 24.4 Å². The lowest BCUT2D eigenvalue weighted by Gasteiger charge is -2.27. The Morgan fingerprint density at radius 1 is 1.17 bits per heavy atom. The number of benzene rings is 2. The van der Waals surface area contributed by atoms with Gasteiger partial charge in [0, 0.05) is 17.8 Å². The molecule has 0 radical (unpaired) electrons. The first-order valence-electron chi connectivity index (χ1n) is 9.94. The van der Waals surface area contributed by atoms with Crippen molar-refractivity contribution in [2.24, 2.45) is 10.9 Å². The number of hydrogen-bond donors (Lipinski definition) is 2. The number of para-hydroxylation sites is 2. The summed E-state index contributed by atoms with van der Waals surface area (Å²) in [7, 11) is 0. The molecule has 2 aliphatic rings. The quantitative estimate of drug-likeness (QED) is 0.653. The van der Waals surface area contributed by atoms with E-state index in [0.717, 1.165) is 42.7 Å². The van der Waals surface area contributed by atoms with Crippen LogP contribution in [0.15, 0.2) is 47.5 Å². The van der Waals surface area contributed by atoms with E-state index in [1.165, 1.54) is 0 Å². The van der Waals surface area contributed by atoms with Gasteiger partial charge in [-0.25, -0.2) is 9.98 Å². The van der Waals surface area contributed by atoms with Gasteiger partial charge >= 0.3 is 0 Å². The number of nitrogens with one attached hydrogen (secondary N) is 2. The van der Waals surface area contributed by atoms with Crippen LogP contribution >= 0.6 is 0 Å². The van der Waals surface area contributed by atoms with E-state index in [2.05, 4.69) is 20.3 Å². The van der Waals surface area contributed by atoms with Crippen molar-refractivity contribution < 1.29 is 14.3 Å². The molecule has 2 unspecified atom stereocenters. The summed E-state index contributed by atoms with van der Waals surface area (Å²) in [5, 5.41) is 3.50. The van der Waals surface area contributed by atoms with Crippen molar-refractivity contribution in [3.8, 4) is 11.5 Å². The minimum Gasteiger partial charge on any atom is -0.454 e. The molecule has 148 valence electrons. The molecule has 2 N–H and O–H groups in total. The molecule has 1 amide bonds. The minimum absolute atomic E-state index is 0.192. The van der Waals surface area contributed by atoms with Crippen molar-refractivity contribution in [3.05, 3.63) is 48.0 Å². The van der Waals surface area contributed by atoms with Crippen LogP contribution < -0.4 is 14.8 Å². The molecular weight excluding hydrogens is 368 g/mol. The van der Waals surface area contributed by atoms with Gasteiger partial charge < -0.3 is 19.8 Å². The van der Waals surface area contributed by atoms with Crippen LogP contribution in [0.5, 0.6) is 11.5 Å². The van der Waals surface area contributed by atoms with E-state index >= 15 is 0 Å². The predicted octanol–water partition coefficient (Wildman–Crippen LogP) is 4.17. The van der Waals surface area contributed by atoms with E-state index in [0.29, 0.717) is 23.1 Å². The second-order valence-corrected chi connectivity index (χ2v) is 7.52. The molecule has 2 atom stereocenters. The molecule has 3 aromatic rings. The molecule has 1 aliphatic heterocycles. The highest BCUT2D eigenvalue weighted by atomic mass is 16.7. The minimum atomic E-state index is -0.254. The fourth-order valence-electron chi connectivity index (χ4n) is 3.99. The molecule has 7 heteroatoms. The Hall–Kier alpha value is -3.35. The van der Waals surface area contributed by atoms with Gasteiger partial charge in [0.1, 0.15) is 0 Å². The van der Waals surface area contributed by atoms with Gasteiger partial charge in [-0.1, -0.05) is 18.6 Å². The number of H-pyrrole nitrogens is 1. The number of aromatic amines is 1. The van der Waals surface area contributed by atoms with Crippen molar-refractivity contribution in [1.29, 1.82) is 0 Å². The number of fused-ring (bicyclic) bond motifs is 2. The van der Waals surface area contributed by atoms with Crippen LogP contribution in [0.4, 0.5) is 5.95 Å². The maximum atomic E-state index is 12.4. The molecule has 1 aromatic heterocycles. The SMILES string of the molecule is O=C(N=CC1CCCC(Nc2nc3ccccc3[nH]2)C1)c1ccc2c(c1)OCO2. The number of aromatic nitrogens is 2. The largest absolute Gasteiger partial charge is 0.454 e. The highest BCUT2D eigenvalue weighted by Gasteiger charge is 2.22. The van der Waals surface area contributed by atoms with Crippen LogP contribution in [0.25, 0.3) is 11.0 Å². The van der Waals surface area contributed by atoms with Crippen LogP contribution in [0.3, 0.4) is 0 Å². The number of nitrogens with zero attached hydrogens (tertiary/aromatic N) is 2. The maximum absolute atomic E-state index is 12.4. The van der Waals surface area contributed by atoms with Crippen molar-refractivity contribution in [3.63, 3.8) is 0 Å². The predicted molar refractivity (Wildman–Crippen MR) is 111 cm³/mol. The molecule has 0 bridgehead atoms. The first-order chi connectivity index (χ1) is 14.2. The summed E-state index contributed by atoms with van der Waals surface area (Å²) in [6.45, 7) is 0.192. The summed E-state index contributed by atoms with van der Waals surface area (Å²) in [4.78, 5) is 24.6. The third-order valence-electron chi connectivity index (χ3n) is 5.47. The lowest BCUT2D eigenvalue weighted by molar-refractivity contribution is 0.100. The smallest absolute Gasteiger partial charge is 0.276 e. The molecule has 1 aliphatic carbocycles. The molecule has 1 saturated carbocycles. The number of ether oxygens (including phenoxy) is 2. The van der Waals surface area contributed by atoms with Crippen LogP contribution in [-0.2, 0) is 0 Å². The zero-order chi connectivity index (χ0) is 19.6. The van der Waals surface area contributed by atoms with Crippen LogP contribution in [-0.4, -0.2) is 34.9 Å². The van der Waals surface area contributed by atoms with E-state index in [9.17, 15) is 4.79 Å². The van der Waals surface area contributed by atoms with Gasteiger partial charge in [-0.3, -0.25) is 4.79 Å². The Balaban J connectivity index is 1.21. The number of amides is 1. The normalized spacial score (nSPS) is 21.0. The zero-order valence-corrected chi connectivity index (χ0v) is 15.9. The second kappa shape index (κ2) is 7.58. The van der Waals surface area contributed by atoms with Gasteiger partial charge in [0.25, 0.3) is 5.91 Å². The Morgan fingerprint density at radius 2 is 2.07 bits per heavy atom. The zero-order valence-electron chi connectivity index (χ0n) is 15.9. The van der Waals surface area contributed by atoms with Crippen LogP contribution in [0.2, 0.25) is 0 Å². The number of carbonyl (C=O) groups excluding carboxylic acids is 1. The summed E-state index contributed by atoms with van der Waals surface area (Å²) in [6.07, 6.45) is 5.94. The number of hydrogen-bond acceptors (Lipinski definition) is 5. The maximum Gasteiger partial charge on any atom is 0.276 e. The molecule has 2 aromatic carbocycles. The molecule has 0 spiro atoms. The van der Waals surface area contributed by atoms with Crippen molar-refractivity contribution in [1.82, 2.24) is 9.97 Å². The van der Waals surface area contributed by atoms with Crippen molar-refractivity contribution in [2.75, 3.05) is 12.1 Å². The van der Waals surface area contributed by atoms with Gasteiger partial charge in [0.05, 0.1) is 11.0 Å². The molecular formula is C22H22N4O3. The standard InChI is InChI=1S/C22H22N4O3/c27-21(15-8-9-19-20(11-15)29-13-28-19)23-12-14-4-3-5-16(10-14)24-22-25-17-6-1-2-7-18(17)26-22/h1-2,6-9,11-12,14,16H,3-5,10,13H2,(H2,24,25,26). The monoisotopic (exact) mass is 390 g/mol. The first-order valence-corrected chi connectivity index (χ1v) is 9.94. The third-order valence-corrected chi connectivity index (χ3v) is 5.47. The number of anilines is 1. The van der Waals surface area contributed by atoms with Gasteiger partial charge in [-0.2, -0.15) is 0 Å². The summed E-state index contributed by atoms with van der Waals surface area (Å²) in [5.74, 6) is 2.07. The number of rotatable bonds is 4. The second-order valence-electron chi connectivity index (χ2n) is 7.52. The Bertz CT molecular complexity index is 1040. The van der Waals surface area contributed by atoms with E-state index in [1.807, 2.05) is 24.3 Å². The van der Waals surface area contributed by atoms with Crippen LogP contribution in [0.1, 0.15) is 36.0 Å². The summed E-state index contributed by atoms with van der Waals surface area (Å²) in [6, 6.07) is 13.5. The summed E-state index contributed by atoms with van der Waals surface area (Å²) >= 11 is 0. The van der Waals surface area contributed by atoms with Crippen LogP contribution in [0, 0.1) is 5.92 Å². The fraction of sp³-hybridized carbons (Fsp3) is 0.318. The Kier molecular flexibility index (Phi) is 4.63. The molecule has 0 saturated heterocycles. The highest BCUT2D eigenvalue weighted by molar-refractivity contribution is 5.99. The van der Waals surface area contributed by atoms with Gasteiger partial charge in [0.15, 0.2) is 11.5 Å². The molecule has 7 nitrogen and oxygen atoms in total. The number of aliphatic imine (C=N–C) groups is 1. The van der Waals surface area contributed by atoms with Crippen molar-refractivity contribution >= 4 is 29.1 Å². The van der Waals surface area contributed by atoms with Crippen molar-refractivity contribution in [2.45, 2.75) is 31.7 Å². The van der Waals surface area contributed by atoms with E-state index in [4.69, 9.17) is 9.47 Å². The fourth-order valence-corrected chi connectivity index (χ4v) is 3.99. The van der Waals surface area contributed by atoms with Gasteiger partial charge in [-0.15, -0.1) is 0 Å². The third kappa shape index (κ3) is 3.81. The number of carbonyl (C=O) groups is 1. The average molecular weight is 390 g/mol. The van der Waals surface area contributed by atoms with Gasteiger partial charge in [0.2, 0.25) is 12.7 Å². The Morgan fingerprint density at radius 3 is 3.00 bits per heavy atom. The Labute approximate surface area is 168 Å². The summed E-state index contributed by atoms with van der Waals surface area (Å²) < 4.78 is 10.6. The first kappa shape index (κ1) is 17.7. The van der Waals surface area contributed by atoms with E-state index in [-0.39, 0.29) is 18.6 Å². The molecule has 29 heavy (non-hydrogen) atoms. The average Bonchev–Trinajstić information content (AvgIpc) is 3.37. The highest BCUT2D eigenvalue weighted by Crippen LogP contribution is 2.32. The molecule has 1 fully saturated rings.